The van der Waals surface area contributed by atoms with Gasteiger partial charge < -0.3 is 5.11 Å². The monoisotopic (exact) mass is 400 g/mol. The van der Waals surface area contributed by atoms with Gasteiger partial charge in [-0.1, -0.05) is 0 Å². The second-order valence-corrected chi connectivity index (χ2v) is 6.25. The summed E-state index contributed by atoms with van der Waals surface area (Å²) in [5, 5.41) is 41.5. The predicted octanol–water partition coefficient (Wildman–Crippen LogP) is 4.28. The van der Waals surface area contributed by atoms with E-state index in [1.807, 2.05) is 6.20 Å². The van der Waals surface area contributed by atoms with Gasteiger partial charge in [-0.25, -0.2) is 0 Å². The molecule has 0 fully saturated rings. The zero-order valence-corrected chi connectivity index (χ0v) is 15.6. The summed E-state index contributed by atoms with van der Waals surface area (Å²) in [7, 11) is 0. The van der Waals surface area contributed by atoms with Crippen molar-refractivity contribution in [3.05, 3.63) is 83.6 Å². The van der Waals surface area contributed by atoms with E-state index in [2.05, 4.69) is 44.0 Å². The van der Waals surface area contributed by atoms with Crippen LogP contribution in [0, 0.1) is 51.1 Å². The van der Waals surface area contributed by atoms with Gasteiger partial charge in [0, 0.05) is 11.6 Å². The molecule has 1 aromatic heterocycles. The lowest BCUT2D eigenvalue weighted by atomic mass is 10.1. The lowest BCUT2D eigenvalue weighted by Crippen LogP contribution is -1.97. The maximum Gasteiger partial charge on any atom is 0.324 e. The Morgan fingerprint density at radius 1 is 0.793 bits per heavy atom. The van der Waals surface area contributed by atoms with Crippen LogP contribution in [0.2, 0.25) is 0 Å². The van der Waals surface area contributed by atoms with E-state index in [0.29, 0.717) is 12.1 Å². The van der Waals surface area contributed by atoms with E-state index in [0.717, 1.165) is 5.52 Å². The molecule has 0 saturated carbocycles. The van der Waals surface area contributed by atoms with Gasteiger partial charge in [0.15, 0.2) is 0 Å². The summed E-state index contributed by atoms with van der Waals surface area (Å²) < 4.78 is 0. The molecule has 0 amide bonds. The minimum absolute atomic E-state index is 0.447. The van der Waals surface area contributed by atoms with Gasteiger partial charge >= 0.3 is 11.4 Å². The molecule has 0 aliphatic rings. The molecule has 3 aromatic rings. The third kappa shape index (κ3) is 4.77. The van der Waals surface area contributed by atoms with Gasteiger partial charge in [0.05, 0.1) is 32.4 Å². The summed E-state index contributed by atoms with van der Waals surface area (Å²) in [4.78, 5) is 32.2. The Morgan fingerprint density at radius 2 is 1.31 bits per heavy atom. The molecule has 3 rings (SSSR count). The topological polar surface area (TPSA) is 163 Å². The van der Waals surface area contributed by atoms with Crippen LogP contribution in [0.4, 0.5) is 17.1 Å². The van der Waals surface area contributed by atoms with E-state index >= 15 is 0 Å². The van der Waals surface area contributed by atoms with Crippen LogP contribution in [-0.2, 0) is 0 Å². The van der Waals surface area contributed by atoms with Crippen molar-refractivity contribution >= 4 is 28.0 Å². The third-order valence-electron chi connectivity index (χ3n) is 4.09. The average molecular weight is 400 g/mol. The summed E-state index contributed by atoms with van der Waals surface area (Å²) in [5.41, 5.74) is 1.95. The van der Waals surface area contributed by atoms with Gasteiger partial charge in [0.25, 0.3) is 11.4 Å². The Kier molecular flexibility index (Phi) is 6.02. The Morgan fingerprint density at radius 3 is 1.79 bits per heavy atom. The molecule has 0 saturated heterocycles. The number of non-ortho nitro benzene ring substituents is 1. The number of nitrogens with zero attached hydrogens (tertiary/aromatic N) is 4. The van der Waals surface area contributed by atoms with Crippen LogP contribution in [0.1, 0.15) is 16.7 Å². The first kappa shape index (κ1) is 21.2. The Balaban J connectivity index is 0.000000211. The SMILES string of the molecule is Cc1cnc2cc(C)c(C)cc2c1.O=[N+]([O-])c1cc([N+](=O)[O-])c(O)c([N+](=O)[O-])c1. The van der Waals surface area contributed by atoms with Gasteiger partial charge in [-0.05, 0) is 55.7 Å². The summed E-state index contributed by atoms with van der Waals surface area (Å²) >= 11 is 0. The van der Waals surface area contributed by atoms with E-state index in [1.165, 1.54) is 22.1 Å². The predicted molar refractivity (Wildman–Crippen MR) is 104 cm³/mol. The molecule has 0 aliphatic heterocycles. The van der Waals surface area contributed by atoms with Crippen molar-refractivity contribution in [2.24, 2.45) is 0 Å². The van der Waals surface area contributed by atoms with E-state index < -0.39 is 37.6 Å². The molecular formula is C18H16N4O7. The van der Waals surface area contributed by atoms with Crippen LogP contribution in [0.5, 0.6) is 5.75 Å². The van der Waals surface area contributed by atoms with Crippen LogP contribution < -0.4 is 0 Å². The first-order valence-electron chi connectivity index (χ1n) is 8.15. The number of nitro benzene ring substituents is 3. The van der Waals surface area contributed by atoms with Gasteiger partial charge in [-0.3, -0.25) is 35.3 Å². The first-order valence-corrected chi connectivity index (χ1v) is 8.15. The Labute approximate surface area is 163 Å². The molecule has 0 unspecified atom stereocenters. The van der Waals surface area contributed by atoms with Gasteiger partial charge in [0.1, 0.15) is 0 Å². The number of aryl methyl sites for hydroxylation is 3. The smallest absolute Gasteiger partial charge is 0.324 e. The molecular weight excluding hydrogens is 384 g/mol. The third-order valence-corrected chi connectivity index (χ3v) is 4.09. The second-order valence-electron chi connectivity index (χ2n) is 6.25. The fraction of sp³-hybridized carbons (Fsp3) is 0.167. The quantitative estimate of drug-likeness (QED) is 0.503. The molecule has 11 heteroatoms. The summed E-state index contributed by atoms with van der Waals surface area (Å²) in [5.74, 6) is -1.21. The summed E-state index contributed by atoms with van der Waals surface area (Å²) in [6.07, 6.45) is 1.91. The molecule has 2 aromatic carbocycles. The molecule has 0 atom stereocenters. The first-order chi connectivity index (χ1) is 13.5. The number of aromatic nitrogens is 1. The fourth-order valence-electron chi connectivity index (χ4n) is 2.48. The van der Waals surface area contributed by atoms with Crippen molar-refractivity contribution in [2.45, 2.75) is 20.8 Å². The number of fused-ring (bicyclic) bond motifs is 1. The van der Waals surface area contributed by atoms with Crippen molar-refractivity contribution in [3.8, 4) is 5.75 Å². The molecule has 150 valence electrons. The number of pyridine rings is 1. The van der Waals surface area contributed by atoms with Crippen LogP contribution in [0.3, 0.4) is 0 Å². The van der Waals surface area contributed by atoms with Gasteiger partial charge in [0.2, 0.25) is 0 Å². The van der Waals surface area contributed by atoms with Crippen LogP contribution in [0.25, 0.3) is 10.9 Å². The van der Waals surface area contributed by atoms with Crippen molar-refractivity contribution in [3.63, 3.8) is 0 Å². The minimum atomic E-state index is -1.21. The highest BCUT2D eigenvalue weighted by Crippen LogP contribution is 2.38. The molecule has 1 heterocycles. The molecule has 0 radical (unpaired) electrons. The lowest BCUT2D eigenvalue weighted by Gasteiger charge is -2.03. The number of phenolic OH excluding ortho intramolecular Hbond substituents is 1. The number of nitro groups is 3. The Bertz CT molecular complexity index is 1110. The highest BCUT2D eigenvalue weighted by Gasteiger charge is 2.30. The number of phenols is 1. The van der Waals surface area contributed by atoms with Gasteiger partial charge in [-0.15, -0.1) is 0 Å². The molecule has 0 spiro atoms. The normalized spacial score (nSPS) is 10.2. The van der Waals surface area contributed by atoms with Crippen LogP contribution in [0.15, 0.2) is 36.5 Å². The van der Waals surface area contributed by atoms with Crippen LogP contribution >= 0.6 is 0 Å². The largest absolute Gasteiger partial charge is 0.497 e. The van der Waals surface area contributed by atoms with Crippen LogP contribution in [-0.4, -0.2) is 24.9 Å². The number of rotatable bonds is 3. The number of aromatic hydroxyl groups is 1. The zero-order chi connectivity index (χ0) is 21.9. The second kappa shape index (κ2) is 8.25. The highest BCUT2D eigenvalue weighted by molar-refractivity contribution is 5.80. The van der Waals surface area contributed by atoms with Crippen molar-refractivity contribution < 1.29 is 19.9 Å². The lowest BCUT2D eigenvalue weighted by molar-refractivity contribution is -0.404. The molecule has 0 aliphatic carbocycles. The molecule has 0 bridgehead atoms. The van der Waals surface area contributed by atoms with Crippen molar-refractivity contribution in [1.82, 2.24) is 4.98 Å². The highest BCUT2D eigenvalue weighted by atomic mass is 16.6. The molecule has 29 heavy (non-hydrogen) atoms. The van der Waals surface area contributed by atoms with Crippen molar-refractivity contribution in [2.75, 3.05) is 0 Å². The number of hydrogen-bond donors (Lipinski definition) is 1. The minimum Gasteiger partial charge on any atom is -0.497 e. The van der Waals surface area contributed by atoms with Gasteiger partial charge in [-0.2, -0.15) is 0 Å². The van der Waals surface area contributed by atoms with E-state index in [4.69, 9.17) is 5.11 Å². The summed E-state index contributed by atoms with van der Waals surface area (Å²) in [6.45, 7) is 6.33. The standard InChI is InChI=1S/C12H13N.C6H3N3O7/c1-8-4-11-5-9(2)10(3)6-12(11)13-7-8;10-6-4(8(13)14)1-3(7(11)12)2-5(6)9(15)16/h4-7H,1-3H3;1-2,10H. The maximum atomic E-state index is 10.4. The molecule has 1 N–H and O–H groups in total. The summed E-state index contributed by atoms with van der Waals surface area (Å²) in [6, 6.07) is 7.41. The average Bonchev–Trinajstić information content (AvgIpc) is 2.63. The fourth-order valence-corrected chi connectivity index (χ4v) is 2.48. The zero-order valence-electron chi connectivity index (χ0n) is 15.6. The van der Waals surface area contributed by atoms with Crippen molar-refractivity contribution in [1.29, 1.82) is 0 Å². The van der Waals surface area contributed by atoms with E-state index in [1.54, 1.807) is 0 Å². The van der Waals surface area contributed by atoms with E-state index in [-0.39, 0.29) is 0 Å². The Hall–Kier alpha value is -4.15. The molecule has 11 nitrogen and oxygen atoms in total. The number of hydrogen-bond acceptors (Lipinski definition) is 8. The number of benzene rings is 2. The maximum absolute atomic E-state index is 10.4. The van der Waals surface area contributed by atoms with E-state index in [9.17, 15) is 30.3 Å².